The number of para-hydroxylation sites is 1. The number of carbonyl (C=O) groups is 2. The van der Waals surface area contributed by atoms with Gasteiger partial charge in [0.2, 0.25) is 5.82 Å². The third kappa shape index (κ3) is 3.69. The molecule has 0 saturated heterocycles. The molecule has 3 aromatic rings. The molecule has 7 heteroatoms. The predicted molar refractivity (Wildman–Crippen MR) is 107 cm³/mol. The number of aromatic nitrogens is 2. The zero-order valence-electron chi connectivity index (χ0n) is 16.3. The minimum atomic E-state index is -0.356. The largest absolute Gasteiger partial charge is 0.496 e. The van der Waals surface area contributed by atoms with Gasteiger partial charge in [0.15, 0.2) is 5.69 Å². The molecular weight excluding hydrogens is 356 g/mol. The number of nitrogens with one attached hydrogen (secondary N) is 1. The Morgan fingerprint density at radius 2 is 1.82 bits per heavy atom. The normalized spacial score (nSPS) is 10.7. The van der Waals surface area contributed by atoms with Crippen LogP contribution in [0.5, 0.6) is 5.75 Å². The minimum absolute atomic E-state index is 0.181. The van der Waals surface area contributed by atoms with Gasteiger partial charge in [-0.05, 0) is 32.0 Å². The second kappa shape index (κ2) is 8.56. The fourth-order valence-corrected chi connectivity index (χ4v) is 3.12. The van der Waals surface area contributed by atoms with Gasteiger partial charge < -0.3 is 15.0 Å². The van der Waals surface area contributed by atoms with Crippen molar-refractivity contribution >= 4 is 17.3 Å². The Morgan fingerprint density at radius 1 is 1.11 bits per heavy atom. The first kappa shape index (κ1) is 19.4. The number of imidazole rings is 1. The van der Waals surface area contributed by atoms with Gasteiger partial charge in [0.25, 0.3) is 11.8 Å². The summed E-state index contributed by atoms with van der Waals surface area (Å²) in [6.07, 6.45) is 1.74. The zero-order valence-corrected chi connectivity index (χ0v) is 16.3. The van der Waals surface area contributed by atoms with E-state index >= 15 is 0 Å². The summed E-state index contributed by atoms with van der Waals surface area (Å²) in [7, 11) is 1.59. The standard InChI is InChI=1S/C21H24N4O3/c1-4-24(5-2)21(27)18-16-11-8-9-13-25(16)19(23-18)20(26)22-14-15-10-6-7-12-17(15)28-3/h6-13H,4-5,14H2,1-3H3,(H,22,26). The van der Waals surface area contributed by atoms with Crippen molar-refractivity contribution in [1.82, 2.24) is 19.6 Å². The first-order valence-electron chi connectivity index (χ1n) is 9.27. The lowest BCUT2D eigenvalue weighted by atomic mass is 10.2. The maximum absolute atomic E-state index is 12.8. The van der Waals surface area contributed by atoms with E-state index < -0.39 is 0 Å². The summed E-state index contributed by atoms with van der Waals surface area (Å²) in [5, 5.41) is 2.86. The molecule has 146 valence electrons. The highest BCUT2D eigenvalue weighted by Crippen LogP contribution is 2.18. The summed E-state index contributed by atoms with van der Waals surface area (Å²) in [6, 6.07) is 12.9. The van der Waals surface area contributed by atoms with E-state index in [4.69, 9.17) is 4.74 Å². The molecule has 7 nitrogen and oxygen atoms in total. The average Bonchev–Trinajstić information content (AvgIpc) is 3.13. The van der Waals surface area contributed by atoms with E-state index in [0.29, 0.717) is 30.9 Å². The van der Waals surface area contributed by atoms with E-state index in [1.807, 2.05) is 44.2 Å². The number of amides is 2. The van der Waals surface area contributed by atoms with Crippen molar-refractivity contribution in [3.05, 3.63) is 65.7 Å². The third-order valence-corrected chi connectivity index (χ3v) is 4.64. The summed E-state index contributed by atoms with van der Waals surface area (Å²) >= 11 is 0. The fourth-order valence-electron chi connectivity index (χ4n) is 3.12. The highest BCUT2D eigenvalue weighted by molar-refractivity contribution is 6.02. The Labute approximate surface area is 163 Å². The molecule has 2 amide bonds. The van der Waals surface area contributed by atoms with Crippen LogP contribution in [0, 0.1) is 0 Å². The van der Waals surface area contributed by atoms with Crippen LogP contribution in [0.1, 0.15) is 40.5 Å². The number of carbonyl (C=O) groups excluding carboxylic acids is 2. The van der Waals surface area contributed by atoms with E-state index in [2.05, 4.69) is 10.3 Å². The average molecular weight is 380 g/mol. The molecule has 0 spiro atoms. The van der Waals surface area contributed by atoms with E-state index in [1.54, 1.807) is 34.7 Å². The number of benzene rings is 1. The molecule has 0 aliphatic carbocycles. The number of nitrogens with zero attached hydrogens (tertiary/aromatic N) is 3. The second-order valence-corrected chi connectivity index (χ2v) is 6.21. The van der Waals surface area contributed by atoms with Gasteiger partial charge >= 0.3 is 0 Å². The number of ether oxygens (including phenoxy) is 1. The van der Waals surface area contributed by atoms with E-state index in [0.717, 1.165) is 5.56 Å². The van der Waals surface area contributed by atoms with Crippen LogP contribution in [0.25, 0.3) is 5.52 Å². The Balaban J connectivity index is 1.90. The highest BCUT2D eigenvalue weighted by atomic mass is 16.5. The lowest BCUT2D eigenvalue weighted by Crippen LogP contribution is -2.31. The molecule has 0 radical (unpaired) electrons. The number of rotatable bonds is 7. The zero-order chi connectivity index (χ0) is 20.1. The SMILES string of the molecule is CCN(CC)C(=O)c1nc(C(=O)NCc2ccccc2OC)n2ccccc12. The fraction of sp³-hybridized carbons (Fsp3) is 0.286. The monoisotopic (exact) mass is 380 g/mol. The van der Waals surface area contributed by atoms with Crippen LogP contribution >= 0.6 is 0 Å². The molecule has 0 bridgehead atoms. The Morgan fingerprint density at radius 3 is 2.54 bits per heavy atom. The molecule has 0 fully saturated rings. The smallest absolute Gasteiger partial charge is 0.287 e. The number of pyridine rings is 1. The van der Waals surface area contributed by atoms with Gasteiger partial charge in [-0.1, -0.05) is 24.3 Å². The lowest BCUT2D eigenvalue weighted by molar-refractivity contribution is 0.0769. The summed E-state index contributed by atoms with van der Waals surface area (Å²) in [6.45, 7) is 5.29. The first-order chi connectivity index (χ1) is 13.6. The maximum atomic E-state index is 12.8. The molecule has 0 atom stereocenters. The summed E-state index contributed by atoms with van der Waals surface area (Å²) < 4.78 is 6.96. The van der Waals surface area contributed by atoms with Crippen LogP contribution in [0.4, 0.5) is 0 Å². The number of hydrogen-bond acceptors (Lipinski definition) is 4. The lowest BCUT2D eigenvalue weighted by Gasteiger charge is -2.17. The highest BCUT2D eigenvalue weighted by Gasteiger charge is 2.24. The van der Waals surface area contributed by atoms with Crippen LogP contribution in [0.2, 0.25) is 0 Å². The van der Waals surface area contributed by atoms with Crippen molar-refractivity contribution in [2.24, 2.45) is 0 Å². The first-order valence-corrected chi connectivity index (χ1v) is 9.27. The van der Waals surface area contributed by atoms with Crippen molar-refractivity contribution in [1.29, 1.82) is 0 Å². The summed E-state index contributed by atoms with van der Waals surface area (Å²) in [5.74, 6) is 0.345. The minimum Gasteiger partial charge on any atom is -0.496 e. The van der Waals surface area contributed by atoms with Crippen LogP contribution in [0.3, 0.4) is 0 Å². The number of hydrogen-bond donors (Lipinski definition) is 1. The topological polar surface area (TPSA) is 75.9 Å². The molecule has 0 aliphatic heterocycles. The Kier molecular flexibility index (Phi) is 5.93. The van der Waals surface area contributed by atoms with Crippen LogP contribution in [-0.2, 0) is 6.54 Å². The van der Waals surface area contributed by atoms with Gasteiger partial charge in [0.05, 0.1) is 12.6 Å². The summed E-state index contributed by atoms with van der Waals surface area (Å²) in [5.41, 5.74) is 1.76. The van der Waals surface area contributed by atoms with Crippen molar-refractivity contribution in [2.45, 2.75) is 20.4 Å². The van der Waals surface area contributed by atoms with Crippen molar-refractivity contribution in [2.75, 3.05) is 20.2 Å². The third-order valence-electron chi connectivity index (χ3n) is 4.64. The van der Waals surface area contributed by atoms with E-state index in [1.165, 1.54) is 0 Å². The predicted octanol–water partition coefficient (Wildman–Crippen LogP) is 2.75. The van der Waals surface area contributed by atoms with Crippen LogP contribution in [-0.4, -0.2) is 46.3 Å². The van der Waals surface area contributed by atoms with Crippen LogP contribution < -0.4 is 10.1 Å². The van der Waals surface area contributed by atoms with Gasteiger partial charge in [0.1, 0.15) is 5.75 Å². The maximum Gasteiger partial charge on any atom is 0.287 e. The quantitative estimate of drug-likeness (QED) is 0.684. The molecule has 1 aromatic carbocycles. The van der Waals surface area contributed by atoms with Gasteiger partial charge in [-0.2, -0.15) is 0 Å². The molecule has 28 heavy (non-hydrogen) atoms. The Hall–Kier alpha value is -3.35. The molecular formula is C21H24N4O3. The van der Waals surface area contributed by atoms with Crippen molar-refractivity contribution in [3.8, 4) is 5.75 Å². The number of fused-ring (bicyclic) bond motifs is 1. The molecule has 0 saturated carbocycles. The Bertz CT molecular complexity index is 992. The van der Waals surface area contributed by atoms with E-state index in [-0.39, 0.29) is 23.3 Å². The molecule has 2 aromatic heterocycles. The van der Waals surface area contributed by atoms with Gasteiger partial charge in [-0.3, -0.25) is 14.0 Å². The van der Waals surface area contributed by atoms with Gasteiger partial charge in [-0.25, -0.2) is 4.98 Å². The van der Waals surface area contributed by atoms with Gasteiger partial charge in [-0.15, -0.1) is 0 Å². The van der Waals surface area contributed by atoms with E-state index in [9.17, 15) is 9.59 Å². The number of methoxy groups -OCH3 is 1. The van der Waals surface area contributed by atoms with Gasteiger partial charge in [0, 0.05) is 31.4 Å². The molecule has 2 heterocycles. The van der Waals surface area contributed by atoms with Crippen LogP contribution in [0.15, 0.2) is 48.7 Å². The molecule has 0 unspecified atom stereocenters. The molecule has 0 aliphatic rings. The van der Waals surface area contributed by atoms with Crippen molar-refractivity contribution in [3.63, 3.8) is 0 Å². The summed E-state index contributed by atoms with van der Waals surface area (Å²) in [4.78, 5) is 31.7. The molecule has 3 rings (SSSR count). The second-order valence-electron chi connectivity index (χ2n) is 6.21. The van der Waals surface area contributed by atoms with Crippen molar-refractivity contribution < 1.29 is 14.3 Å². The molecule has 1 N–H and O–H groups in total.